The van der Waals surface area contributed by atoms with Gasteiger partial charge in [-0.3, -0.25) is 0 Å². The van der Waals surface area contributed by atoms with Crippen LogP contribution in [0.4, 0.5) is 10.9 Å². The van der Waals surface area contributed by atoms with Gasteiger partial charge in [-0.25, -0.2) is 0 Å². The van der Waals surface area contributed by atoms with Crippen molar-refractivity contribution in [3.05, 3.63) is 58.3 Å². The van der Waals surface area contributed by atoms with Gasteiger partial charge in [-0.15, -0.1) is 25.5 Å². The Morgan fingerprint density at radius 2 is 1.68 bits per heavy atom. The zero-order valence-corrected chi connectivity index (χ0v) is 16.5. The standard InChI is InChI=1S/C18H17ClN8S/c19-14-3-1-13(2-4-14)11-17-22-23-18(28-17)26-9-7-25(8-10-26)16-6-5-15-21-20-12-27(15)24-16/h1-6,12H,7-11H2. The summed E-state index contributed by atoms with van der Waals surface area (Å²) in [6.45, 7) is 3.54. The van der Waals surface area contributed by atoms with Crippen molar-refractivity contribution in [3.8, 4) is 0 Å². The fraction of sp³-hybridized carbons (Fsp3) is 0.278. The molecule has 0 saturated carbocycles. The topological polar surface area (TPSA) is 75.3 Å². The van der Waals surface area contributed by atoms with Crippen LogP contribution in [-0.4, -0.2) is 56.2 Å². The molecule has 142 valence electrons. The molecule has 0 aliphatic carbocycles. The minimum absolute atomic E-state index is 0.748. The second-order valence-electron chi connectivity index (χ2n) is 6.58. The van der Waals surface area contributed by atoms with Crippen molar-refractivity contribution in [1.29, 1.82) is 0 Å². The molecular weight excluding hydrogens is 396 g/mol. The first-order valence-electron chi connectivity index (χ1n) is 8.98. The maximum atomic E-state index is 5.95. The summed E-state index contributed by atoms with van der Waals surface area (Å²) in [5.41, 5.74) is 1.94. The van der Waals surface area contributed by atoms with Crippen molar-refractivity contribution < 1.29 is 0 Å². The van der Waals surface area contributed by atoms with Gasteiger partial charge in [-0.2, -0.15) is 4.52 Å². The molecule has 1 saturated heterocycles. The summed E-state index contributed by atoms with van der Waals surface area (Å²) in [6, 6.07) is 11.8. The molecule has 8 nitrogen and oxygen atoms in total. The first-order valence-corrected chi connectivity index (χ1v) is 10.2. The van der Waals surface area contributed by atoms with Crippen molar-refractivity contribution in [1.82, 2.24) is 30.0 Å². The molecule has 5 rings (SSSR count). The minimum atomic E-state index is 0.748. The molecular formula is C18H17ClN8S. The molecule has 1 aliphatic heterocycles. The van der Waals surface area contributed by atoms with Crippen LogP contribution >= 0.6 is 22.9 Å². The number of hydrogen-bond acceptors (Lipinski definition) is 8. The van der Waals surface area contributed by atoms with Crippen molar-refractivity contribution in [2.24, 2.45) is 0 Å². The lowest BCUT2D eigenvalue weighted by Gasteiger charge is -2.34. The summed E-state index contributed by atoms with van der Waals surface area (Å²) in [4.78, 5) is 4.56. The van der Waals surface area contributed by atoms with Gasteiger partial charge >= 0.3 is 0 Å². The van der Waals surface area contributed by atoms with Gasteiger partial charge in [0.2, 0.25) is 5.13 Å². The Kier molecular flexibility index (Phi) is 4.53. The molecule has 10 heteroatoms. The number of aromatic nitrogens is 6. The predicted molar refractivity (Wildman–Crippen MR) is 109 cm³/mol. The maximum Gasteiger partial charge on any atom is 0.208 e. The van der Waals surface area contributed by atoms with E-state index in [2.05, 4.69) is 35.3 Å². The maximum absolute atomic E-state index is 5.95. The summed E-state index contributed by atoms with van der Waals surface area (Å²) in [7, 11) is 0. The Morgan fingerprint density at radius 3 is 2.50 bits per heavy atom. The Morgan fingerprint density at radius 1 is 0.893 bits per heavy atom. The van der Waals surface area contributed by atoms with E-state index in [9.17, 15) is 0 Å². The second-order valence-corrected chi connectivity index (χ2v) is 8.06. The molecule has 0 spiro atoms. The summed E-state index contributed by atoms with van der Waals surface area (Å²) in [5, 5.41) is 24.0. The minimum Gasteiger partial charge on any atom is -0.352 e. The lowest BCUT2D eigenvalue weighted by Crippen LogP contribution is -2.47. The van der Waals surface area contributed by atoms with Gasteiger partial charge in [0.25, 0.3) is 0 Å². The molecule has 0 radical (unpaired) electrons. The molecule has 0 N–H and O–H groups in total. The van der Waals surface area contributed by atoms with Crippen molar-refractivity contribution in [2.75, 3.05) is 36.0 Å². The molecule has 1 aliphatic rings. The second kappa shape index (κ2) is 7.33. The number of hydrogen-bond donors (Lipinski definition) is 0. The molecule has 4 aromatic rings. The zero-order chi connectivity index (χ0) is 18.9. The number of halogens is 1. The molecule has 1 aromatic carbocycles. The van der Waals surface area contributed by atoms with Gasteiger partial charge in [0.1, 0.15) is 17.2 Å². The highest BCUT2D eigenvalue weighted by molar-refractivity contribution is 7.15. The average Bonchev–Trinajstić information content (AvgIpc) is 3.39. The molecule has 4 heterocycles. The first-order chi connectivity index (χ1) is 13.7. The smallest absolute Gasteiger partial charge is 0.208 e. The lowest BCUT2D eigenvalue weighted by molar-refractivity contribution is 0.638. The van der Waals surface area contributed by atoms with E-state index >= 15 is 0 Å². The fourth-order valence-corrected chi connectivity index (χ4v) is 4.29. The van der Waals surface area contributed by atoms with Gasteiger partial charge in [0.15, 0.2) is 5.65 Å². The summed E-state index contributed by atoms with van der Waals surface area (Å²) < 4.78 is 1.70. The Balaban J connectivity index is 1.23. The summed E-state index contributed by atoms with van der Waals surface area (Å²) in [5.74, 6) is 0.938. The Bertz CT molecular complexity index is 1080. The van der Waals surface area contributed by atoms with Gasteiger partial charge in [-0.05, 0) is 29.8 Å². The van der Waals surface area contributed by atoms with Crippen LogP contribution in [0.25, 0.3) is 5.65 Å². The van der Waals surface area contributed by atoms with Gasteiger partial charge in [0, 0.05) is 37.6 Å². The fourth-order valence-electron chi connectivity index (χ4n) is 3.23. The normalized spacial score (nSPS) is 14.8. The van der Waals surface area contributed by atoms with Gasteiger partial charge in [-0.1, -0.05) is 35.1 Å². The lowest BCUT2D eigenvalue weighted by atomic mass is 10.2. The quantitative estimate of drug-likeness (QED) is 0.509. The van der Waals surface area contributed by atoms with E-state index in [1.807, 2.05) is 36.4 Å². The third kappa shape index (κ3) is 3.50. The number of fused-ring (bicyclic) bond motifs is 1. The molecule has 3 aromatic heterocycles. The van der Waals surface area contributed by atoms with Crippen LogP contribution in [-0.2, 0) is 6.42 Å². The van der Waals surface area contributed by atoms with E-state index in [1.165, 1.54) is 5.56 Å². The van der Waals surface area contributed by atoms with E-state index in [1.54, 1.807) is 22.2 Å². The number of piperazine rings is 1. The van der Waals surface area contributed by atoms with Crippen LogP contribution in [0.15, 0.2) is 42.7 Å². The van der Waals surface area contributed by atoms with Crippen LogP contribution < -0.4 is 9.80 Å². The van der Waals surface area contributed by atoms with E-state index in [0.29, 0.717) is 0 Å². The van der Waals surface area contributed by atoms with Crippen LogP contribution in [0.3, 0.4) is 0 Å². The van der Waals surface area contributed by atoms with Gasteiger partial charge in [0.05, 0.1) is 0 Å². The average molecular weight is 413 g/mol. The van der Waals surface area contributed by atoms with Crippen molar-refractivity contribution in [3.63, 3.8) is 0 Å². The van der Waals surface area contributed by atoms with E-state index in [-0.39, 0.29) is 0 Å². The molecule has 28 heavy (non-hydrogen) atoms. The van der Waals surface area contributed by atoms with Gasteiger partial charge < -0.3 is 9.80 Å². The Hall–Kier alpha value is -2.78. The number of benzene rings is 1. The molecule has 0 atom stereocenters. The summed E-state index contributed by atoms with van der Waals surface area (Å²) in [6.07, 6.45) is 2.40. The number of nitrogens with zero attached hydrogens (tertiary/aromatic N) is 8. The van der Waals surface area contributed by atoms with Crippen LogP contribution in [0.1, 0.15) is 10.6 Å². The van der Waals surface area contributed by atoms with E-state index < -0.39 is 0 Å². The highest BCUT2D eigenvalue weighted by atomic mass is 35.5. The van der Waals surface area contributed by atoms with E-state index in [4.69, 9.17) is 11.6 Å². The number of anilines is 2. The first kappa shape index (κ1) is 17.3. The SMILES string of the molecule is Clc1ccc(Cc2nnc(N3CCN(c4ccc5nncn5n4)CC3)s2)cc1. The highest BCUT2D eigenvalue weighted by Gasteiger charge is 2.21. The van der Waals surface area contributed by atoms with E-state index in [0.717, 1.165) is 59.2 Å². The monoisotopic (exact) mass is 412 g/mol. The van der Waals surface area contributed by atoms with Crippen molar-refractivity contribution >= 4 is 39.5 Å². The highest BCUT2D eigenvalue weighted by Crippen LogP contribution is 2.25. The molecule has 0 unspecified atom stereocenters. The largest absolute Gasteiger partial charge is 0.352 e. The number of rotatable bonds is 4. The van der Waals surface area contributed by atoms with Crippen LogP contribution in [0, 0.1) is 0 Å². The third-order valence-electron chi connectivity index (χ3n) is 4.75. The molecule has 0 amide bonds. The molecule has 0 bridgehead atoms. The summed E-state index contributed by atoms with van der Waals surface area (Å²) >= 11 is 7.61. The zero-order valence-electron chi connectivity index (χ0n) is 14.9. The van der Waals surface area contributed by atoms with Crippen LogP contribution in [0.2, 0.25) is 5.02 Å². The predicted octanol–water partition coefficient (Wildman–Crippen LogP) is 2.55. The Labute approximate surface area is 170 Å². The third-order valence-corrected chi connectivity index (χ3v) is 5.98. The molecule has 1 fully saturated rings. The van der Waals surface area contributed by atoms with Crippen molar-refractivity contribution in [2.45, 2.75) is 6.42 Å². The van der Waals surface area contributed by atoms with Crippen LogP contribution in [0.5, 0.6) is 0 Å².